The topological polar surface area (TPSA) is 64.0 Å². The molecule has 1 N–H and O–H groups in total. The number of para-hydroxylation sites is 1. The summed E-state index contributed by atoms with van der Waals surface area (Å²) in [4.78, 5) is 28.6. The molecule has 0 unspecified atom stereocenters. The number of aromatic nitrogens is 2. The molecule has 0 radical (unpaired) electrons. The first kappa shape index (κ1) is 15.4. The summed E-state index contributed by atoms with van der Waals surface area (Å²) >= 11 is 1.76. The van der Waals surface area contributed by atoms with Gasteiger partial charge in [-0.2, -0.15) is 0 Å². The highest BCUT2D eigenvalue weighted by atomic mass is 32.2. The standard InChI is InChI=1S/C18H19N3O2S/c22-13-7-5-12(6-8-13)17(23)19-15-4-2-1-3-14(15)16-11-21-9-10-24-18(21)20-16/h1-4,11-12H,5-10H2,(H,19,23). The van der Waals surface area contributed by atoms with Crippen LogP contribution >= 0.6 is 11.8 Å². The van der Waals surface area contributed by atoms with Crippen molar-refractivity contribution in [1.82, 2.24) is 9.55 Å². The van der Waals surface area contributed by atoms with Gasteiger partial charge in [-0.25, -0.2) is 4.98 Å². The number of carbonyl (C=O) groups is 2. The maximum absolute atomic E-state index is 12.5. The van der Waals surface area contributed by atoms with E-state index in [2.05, 4.69) is 21.1 Å². The van der Waals surface area contributed by atoms with Gasteiger partial charge in [-0.1, -0.05) is 30.0 Å². The van der Waals surface area contributed by atoms with Crippen LogP contribution in [0.1, 0.15) is 25.7 Å². The molecule has 2 aliphatic rings. The van der Waals surface area contributed by atoms with Crippen molar-refractivity contribution < 1.29 is 9.59 Å². The highest BCUT2D eigenvalue weighted by Crippen LogP contribution is 2.33. The van der Waals surface area contributed by atoms with Crippen LogP contribution in [0.2, 0.25) is 0 Å². The fraction of sp³-hybridized carbons (Fsp3) is 0.389. The molecular formula is C18H19N3O2S. The molecule has 1 aliphatic heterocycles. The van der Waals surface area contributed by atoms with Gasteiger partial charge in [0.2, 0.25) is 5.91 Å². The van der Waals surface area contributed by atoms with E-state index in [1.165, 1.54) is 0 Å². The molecule has 124 valence electrons. The number of Topliss-reactive ketones (excluding diaryl/α,β-unsaturated/α-hetero) is 1. The molecule has 6 heteroatoms. The SMILES string of the molecule is O=C1CCC(C(=O)Nc2ccccc2-c2cn3c(n2)SCC3)CC1. The smallest absolute Gasteiger partial charge is 0.227 e. The normalized spacial score (nSPS) is 17.8. The number of anilines is 1. The summed E-state index contributed by atoms with van der Waals surface area (Å²) in [6.45, 7) is 0.984. The Labute approximate surface area is 144 Å². The quantitative estimate of drug-likeness (QED) is 0.930. The average Bonchev–Trinajstić information content (AvgIpc) is 3.17. The van der Waals surface area contributed by atoms with E-state index < -0.39 is 0 Å². The zero-order valence-electron chi connectivity index (χ0n) is 13.3. The monoisotopic (exact) mass is 341 g/mol. The van der Waals surface area contributed by atoms with Crippen LogP contribution in [0.3, 0.4) is 0 Å². The number of nitrogens with one attached hydrogen (secondary N) is 1. The molecule has 1 amide bonds. The Morgan fingerprint density at radius 3 is 2.83 bits per heavy atom. The van der Waals surface area contributed by atoms with Gasteiger partial charge in [0.1, 0.15) is 5.78 Å². The van der Waals surface area contributed by atoms with Crippen molar-refractivity contribution in [2.75, 3.05) is 11.1 Å². The van der Waals surface area contributed by atoms with E-state index in [-0.39, 0.29) is 17.6 Å². The van der Waals surface area contributed by atoms with E-state index in [4.69, 9.17) is 0 Å². The number of rotatable bonds is 3. The van der Waals surface area contributed by atoms with Gasteiger partial charge >= 0.3 is 0 Å². The number of ketones is 1. The highest BCUT2D eigenvalue weighted by molar-refractivity contribution is 7.99. The van der Waals surface area contributed by atoms with Crippen LogP contribution in [0.15, 0.2) is 35.6 Å². The molecule has 1 aliphatic carbocycles. The number of fused-ring (bicyclic) bond motifs is 1. The number of imidazole rings is 1. The molecule has 1 fully saturated rings. The number of hydrogen-bond donors (Lipinski definition) is 1. The lowest BCUT2D eigenvalue weighted by molar-refractivity contribution is -0.125. The van der Waals surface area contributed by atoms with Crippen molar-refractivity contribution in [1.29, 1.82) is 0 Å². The largest absolute Gasteiger partial charge is 0.325 e. The second kappa shape index (κ2) is 6.43. The molecule has 24 heavy (non-hydrogen) atoms. The van der Waals surface area contributed by atoms with Crippen LogP contribution in [0, 0.1) is 5.92 Å². The zero-order chi connectivity index (χ0) is 16.5. The number of nitrogens with zero attached hydrogens (tertiary/aromatic N) is 2. The number of thioether (sulfide) groups is 1. The molecule has 0 bridgehead atoms. The maximum Gasteiger partial charge on any atom is 0.227 e. The molecule has 0 atom stereocenters. The van der Waals surface area contributed by atoms with Crippen LogP contribution in [0.25, 0.3) is 11.3 Å². The van der Waals surface area contributed by atoms with Crippen LogP contribution in [-0.4, -0.2) is 27.0 Å². The summed E-state index contributed by atoms with van der Waals surface area (Å²) < 4.78 is 2.16. The lowest BCUT2D eigenvalue weighted by atomic mass is 9.88. The summed E-state index contributed by atoms with van der Waals surface area (Å²) in [5, 5.41) is 4.09. The van der Waals surface area contributed by atoms with Gasteiger partial charge in [0, 0.05) is 42.8 Å². The van der Waals surface area contributed by atoms with Gasteiger partial charge in [0.25, 0.3) is 0 Å². The van der Waals surface area contributed by atoms with E-state index >= 15 is 0 Å². The Kier molecular flexibility index (Phi) is 4.14. The Bertz CT molecular complexity index is 768. The molecule has 4 rings (SSSR count). The molecule has 2 aromatic rings. The first-order valence-electron chi connectivity index (χ1n) is 8.32. The Hall–Kier alpha value is -2.08. The third kappa shape index (κ3) is 2.98. The predicted molar refractivity (Wildman–Crippen MR) is 94.0 cm³/mol. The molecular weight excluding hydrogens is 322 g/mol. The molecule has 0 saturated heterocycles. The molecule has 1 saturated carbocycles. The van der Waals surface area contributed by atoms with Crippen molar-refractivity contribution in [3.8, 4) is 11.3 Å². The van der Waals surface area contributed by atoms with Crippen molar-refractivity contribution >= 4 is 29.1 Å². The number of carbonyl (C=O) groups excluding carboxylic acids is 2. The second-order valence-electron chi connectivity index (χ2n) is 6.30. The third-order valence-electron chi connectivity index (χ3n) is 4.68. The van der Waals surface area contributed by atoms with E-state index in [0.29, 0.717) is 25.7 Å². The average molecular weight is 341 g/mol. The lowest BCUT2D eigenvalue weighted by Crippen LogP contribution is -2.27. The molecule has 2 heterocycles. The summed E-state index contributed by atoms with van der Waals surface area (Å²) in [5.74, 6) is 1.28. The minimum Gasteiger partial charge on any atom is -0.325 e. The molecule has 0 spiro atoms. The molecule has 5 nitrogen and oxygen atoms in total. The van der Waals surface area contributed by atoms with Crippen molar-refractivity contribution in [3.05, 3.63) is 30.5 Å². The van der Waals surface area contributed by atoms with Crippen molar-refractivity contribution in [3.63, 3.8) is 0 Å². The number of aryl methyl sites for hydroxylation is 1. The zero-order valence-corrected chi connectivity index (χ0v) is 14.1. The highest BCUT2D eigenvalue weighted by Gasteiger charge is 2.25. The fourth-order valence-corrected chi connectivity index (χ4v) is 4.23. The predicted octanol–water partition coefficient (Wildman–Crippen LogP) is 3.35. The summed E-state index contributed by atoms with van der Waals surface area (Å²) in [7, 11) is 0. The first-order valence-corrected chi connectivity index (χ1v) is 9.31. The minimum atomic E-state index is -0.0710. The van der Waals surface area contributed by atoms with Gasteiger partial charge in [-0.05, 0) is 18.9 Å². The van der Waals surface area contributed by atoms with Crippen LogP contribution < -0.4 is 5.32 Å². The van der Waals surface area contributed by atoms with Gasteiger partial charge in [-0.3, -0.25) is 9.59 Å². The van der Waals surface area contributed by atoms with E-state index in [0.717, 1.165) is 34.4 Å². The van der Waals surface area contributed by atoms with E-state index in [9.17, 15) is 9.59 Å². The Balaban J connectivity index is 1.55. The molecule has 1 aromatic carbocycles. The van der Waals surface area contributed by atoms with Gasteiger partial charge in [0.05, 0.1) is 11.4 Å². The van der Waals surface area contributed by atoms with Gasteiger partial charge in [-0.15, -0.1) is 0 Å². The fourth-order valence-electron chi connectivity index (χ4n) is 3.29. The van der Waals surface area contributed by atoms with E-state index in [1.807, 2.05) is 24.3 Å². The summed E-state index contributed by atoms with van der Waals surface area (Å²) in [5.41, 5.74) is 2.63. The second-order valence-corrected chi connectivity index (χ2v) is 7.36. The summed E-state index contributed by atoms with van der Waals surface area (Å²) in [6.07, 6.45) is 4.40. The van der Waals surface area contributed by atoms with Gasteiger partial charge in [0.15, 0.2) is 5.16 Å². The number of benzene rings is 1. The van der Waals surface area contributed by atoms with Crippen molar-refractivity contribution in [2.24, 2.45) is 5.92 Å². The van der Waals surface area contributed by atoms with Gasteiger partial charge < -0.3 is 9.88 Å². The Morgan fingerprint density at radius 1 is 1.25 bits per heavy atom. The third-order valence-corrected chi connectivity index (χ3v) is 5.65. The van der Waals surface area contributed by atoms with Crippen molar-refractivity contribution in [2.45, 2.75) is 37.4 Å². The first-order chi connectivity index (χ1) is 11.7. The van der Waals surface area contributed by atoms with Crippen LogP contribution in [0.4, 0.5) is 5.69 Å². The molecule has 1 aromatic heterocycles. The maximum atomic E-state index is 12.5. The Morgan fingerprint density at radius 2 is 2.04 bits per heavy atom. The number of hydrogen-bond acceptors (Lipinski definition) is 4. The summed E-state index contributed by atoms with van der Waals surface area (Å²) in [6, 6.07) is 7.78. The number of amides is 1. The van der Waals surface area contributed by atoms with Crippen LogP contribution in [0.5, 0.6) is 0 Å². The van der Waals surface area contributed by atoms with Crippen LogP contribution in [-0.2, 0) is 16.1 Å². The lowest BCUT2D eigenvalue weighted by Gasteiger charge is -2.20. The van der Waals surface area contributed by atoms with E-state index in [1.54, 1.807) is 11.8 Å². The minimum absolute atomic E-state index is 0.0103.